The number of halogens is 1. The fourth-order valence-corrected chi connectivity index (χ4v) is 2.22. The molecule has 0 bridgehead atoms. The summed E-state index contributed by atoms with van der Waals surface area (Å²) in [4.78, 5) is 25.8. The number of anilines is 1. The van der Waals surface area contributed by atoms with Gasteiger partial charge in [0.15, 0.2) is 0 Å². The van der Waals surface area contributed by atoms with Crippen LogP contribution in [-0.4, -0.2) is 30.9 Å². The topological polar surface area (TPSA) is 75.4 Å². The summed E-state index contributed by atoms with van der Waals surface area (Å²) < 4.78 is 0. The molecule has 2 atom stereocenters. The molecule has 1 saturated heterocycles. The minimum absolute atomic E-state index is 0. The smallest absolute Gasteiger partial charge is 0.249 e. The van der Waals surface area contributed by atoms with Crippen LogP contribution in [0.25, 0.3) is 0 Å². The third-order valence-electron chi connectivity index (χ3n) is 3.67. The second kappa shape index (κ2) is 7.43. The van der Waals surface area contributed by atoms with E-state index in [-0.39, 0.29) is 36.7 Å². The predicted molar refractivity (Wildman–Crippen MR) is 85.5 cm³/mol. The van der Waals surface area contributed by atoms with Gasteiger partial charge in [-0.1, -0.05) is 24.6 Å². The Morgan fingerprint density at radius 2 is 2.05 bits per heavy atom. The van der Waals surface area contributed by atoms with Gasteiger partial charge < -0.3 is 16.0 Å². The van der Waals surface area contributed by atoms with E-state index in [2.05, 4.69) is 5.32 Å². The lowest BCUT2D eigenvalue weighted by Gasteiger charge is -2.18. The summed E-state index contributed by atoms with van der Waals surface area (Å²) in [6, 6.07) is 7.38. The molecule has 1 aromatic carbocycles. The molecule has 0 saturated carbocycles. The quantitative estimate of drug-likeness (QED) is 0.878. The van der Waals surface area contributed by atoms with Crippen LogP contribution in [0.4, 0.5) is 5.69 Å². The highest BCUT2D eigenvalue weighted by molar-refractivity contribution is 6.01. The normalized spacial score (nSPS) is 19.1. The standard InChI is InChI=1S/C15H21N3O2.ClH/c1-10-3-5-12(6-4-10)18-8-7-13(15(18)20)17-14(19)11(2)9-16;/h3-6,11,13H,7-9,16H2,1-2H3,(H,17,19);1H. The lowest BCUT2D eigenvalue weighted by atomic mass is 10.1. The summed E-state index contributed by atoms with van der Waals surface area (Å²) in [6.45, 7) is 4.68. The Morgan fingerprint density at radius 3 is 2.62 bits per heavy atom. The van der Waals surface area contributed by atoms with Crippen molar-refractivity contribution >= 4 is 29.9 Å². The van der Waals surface area contributed by atoms with Crippen LogP contribution in [0.3, 0.4) is 0 Å². The van der Waals surface area contributed by atoms with Gasteiger partial charge in [0.05, 0.1) is 0 Å². The van der Waals surface area contributed by atoms with E-state index in [0.717, 1.165) is 11.3 Å². The third-order valence-corrected chi connectivity index (χ3v) is 3.67. The molecule has 2 amide bonds. The van der Waals surface area contributed by atoms with E-state index in [4.69, 9.17) is 5.73 Å². The van der Waals surface area contributed by atoms with Crippen LogP contribution in [0.1, 0.15) is 18.9 Å². The van der Waals surface area contributed by atoms with Crippen molar-refractivity contribution in [3.05, 3.63) is 29.8 Å². The highest BCUT2D eigenvalue weighted by Crippen LogP contribution is 2.22. The second-order valence-corrected chi connectivity index (χ2v) is 5.31. The predicted octanol–water partition coefficient (Wildman–Crippen LogP) is 1.23. The number of nitrogens with zero attached hydrogens (tertiary/aromatic N) is 1. The number of nitrogens with two attached hydrogens (primary N) is 1. The molecule has 0 spiro atoms. The highest BCUT2D eigenvalue weighted by atomic mass is 35.5. The second-order valence-electron chi connectivity index (χ2n) is 5.31. The van der Waals surface area contributed by atoms with Gasteiger partial charge in [-0.05, 0) is 25.5 Å². The number of amides is 2. The van der Waals surface area contributed by atoms with E-state index in [0.29, 0.717) is 13.0 Å². The number of hydrogen-bond acceptors (Lipinski definition) is 3. The van der Waals surface area contributed by atoms with Crippen molar-refractivity contribution in [2.24, 2.45) is 11.7 Å². The molecule has 1 aliphatic rings. The number of carbonyl (C=O) groups excluding carboxylic acids is 2. The van der Waals surface area contributed by atoms with Crippen molar-refractivity contribution in [1.29, 1.82) is 0 Å². The number of aryl methyl sites for hydroxylation is 1. The Kier molecular flexibility index (Phi) is 6.18. The van der Waals surface area contributed by atoms with E-state index >= 15 is 0 Å². The van der Waals surface area contributed by atoms with Crippen molar-refractivity contribution in [1.82, 2.24) is 5.32 Å². The van der Waals surface area contributed by atoms with Crippen molar-refractivity contribution in [2.75, 3.05) is 18.0 Å². The molecule has 0 radical (unpaired) electrons. The largest absolute Gasteiger partial charge is 0.344 e. The first-order valence-corrected chi connectivity index (χ1v) is 6.91. The van der Waals surface area contributed by atoms with Gasteiger partial charge in [0, 0.05) is 24.7 Å². The molecular formula is C15H22ClN3O2. The molecule has 3 N–H and O–H groups in total. The van der Waals surface area contributed by atoms with Gasteiger partial charge in [-0.3, -0.25) is 9.59 Å². The monoisotopic (exact) mass is 311 g/mol. The third kappa shape index (κ3) is 3.95. The molecule has 2 rings (SSSR count). The molecule has 21 heavy (non-hydrogen) atoms. The van der Waals surface area contributed by atoms with Crippen LogP contribution in [0, 0.1) is 12.8 Å². The Balaban J connectivity index is 0.00000220. The molecule has 0 aromatic heterocycles. The van der Waals surface area contributed by atoms with Crippen LogP contribution in [0.2, 0.25) is 0 Å². The molecule has 1 heterocycles. The molecule has 1 aromatic rings. The number of hydrogen-bond donors (Lipinski definition) is 2. The molecule has 2 unspecified atom stereocenters. The summed E-state index contributed by atoms with van der Waals surface area (Å²) in [5.41, 5.74) is 7.49. The van der Waals surface area contributed by atoms with Crippen LogP contribution >= 0.6 is 12.4 Å². The summed E-state index contributed by atoms with van der Waals surface area (Å²) in [5, 5.41) is 2.78. The van der Waals surface area contributed by atoms with E-state index in [1.54, 1.807) is 11.8 Å². The van der Waals surface area contributed by atoms with Crippen molar-refractivity contribution < 1.29 is 9.59 Å². The van der Waals surface area contributed by atoms with Crippen molar-refractivity contribution in [3.63, 3.8) is 0 Å². The van der Waals surface area contributed by atoms with Gasteiger partial charge >= 0.3 is 0 Å². The molecule has 116 valence electrons. The number of benzene rings is 1. The number of carbonyl (C=O) groups is 2. The summed E-state index contributed by atoms with van der Waals surface area (Å²) >= 11 is 0. The molecule has 1 fully saturated rings. The van der Waals surface area contributed by atoms with Crippen LogP contribution < -0.4 is 16.0 Å². The number of rotatable bonds is 4. The van der Waals surface area contributed by atoms with E-state index in [9.17, 15) is 9.59 Å². The zero-order chi connectivity index (χ0) is 14.7. The van der Waals surface area contributed by atoms with Crippen molar-refractivity contribution in [2.45, 2.75) is 26.3 Å². The van der Waals surface area contributed by atoms with E-state index < -0.39 is 6.04 Å². The SMILES string of the molecule is Cc1ccc(N2CCC(NC(=O)C(C)CN)C2=O)cc1.Cl. The van der Waals surface area contributed by atoms with Gasteiger partial charge in [-0.2, -0.15) is 0 Å². The van der Waals surface area contributed by atoms with Crippen molar-refractivity contribution in [3.8, 4) is 0 Å². The Bertz CT molecular complexity index is 504. The maximum Gasteiger partial charge on any atom is 0.249 e. The lowest BCUT2D eigenvalue weighted by molar-refractivity contribution is -0.128. The minimum Gasteiger partial charge on any atom is -0.344 e. The minimum atomic E-state index is -0.433. The highest BCUT2D eigenvalue weighted by Gasteiger charge is 2.34. The summed E-state index contributed by atoms with van der Waals surface area (Å²) in [5.74, 6) is -0.473. The average molecular weight is 312 g/mol. The molecule has 1 aliphatic heterocycles. The maximum absolute atomic E-state index is 12.3. The fourth-order valence-electron chi connectivity index (χ4n) is 2.22. The first kappa shape index (κ1) is 17.5. The van der Waals surface area contributed by atoms with Gasteiger partial charge in [0.1, 0.15) is 6.04 Å². The molecule has 6 heteroatoms. The van der Waals surface area contributed by atoms with Gasteiger partial charge in [-0.25, -0.2) is 0 Å². The van der Waals surface area contributed by atoms with Gasteiger partial charge in [0.25, 0.3) is 0 Å². The van der Waals surface area contributed by atoms with E-state index in [1.165, 1.54) is 0 Å². The van der Waals surface area contributed by atoms with Gasteiger partial charge in [0.2, 0.25) is 11.8 Å². The van der Waals surface area contributed by atoms with Crippen LogP contribution in [-0.2, 0) is 9.59 Å². The molecule has 0 aliphatic carbocycles. The maximum atomic E-state index is 12.3. The first-order chi connectivity index (χ1) is 9.52. The molecular weight excluding hydrogens is 290 g/mol. The Hall–Kier alpha value is -1.59. The molecule has 5 nitrogen and oxygen atoms in total. The Labute approximate surface area is 131 Å². The first-order valence-electron chi connectivity index (χ1n) is 6.91. The Morgan fingerprint density at radius 1 is 1.43 bits per heavy atom. The zero-order valence-electron chi connectivity index (χ0n) is 12.3. The fraction of sp³-hybridized carbons (Fsp3) is 0.467. The van der Waals surface area contributed by atoms with E-state index in [1.807, 2.05) is 31.2 Å². The zero-order valence-corrected chi connectivity index (χ0v) is 13.2. The lowest BCUT2D eigenvalue weighted by Crippen LogP contribution is -2.44. The average Bonchev–Trinajstić information content (AvgIpc) is 2.80. The van der Waals surface area contributed by atoms with Crippen LogP contribution in [0.15, 0.2) is 24.3 Å². The van der Waals surface area contributed by atoms with Gasteiger partial charge in [-0.15, -0.1) is 12.4 Å². The van der Waals surface area contributed by atoms with Crippen LogP contribution in [0.5, 0.6) is 0 Å². The summed E-state index contributed by atoms with van der Waals surface area (Å²) in [7, 11) is 0. The number of nitrogens with one attached hydrogen (secondary N) is 1. The summed E-state index contributed by atoms with van der Waals surface area (Å²) in [6.07, 6.45) is 0.635.